The number of nitrogens with two attached hydrogens (primary N) is 1. The van der Waals surface area contributed by atoms with Crippen LogP contribution in [0.4, 0.5) is 0 Å². The highest BCUT2D eigenvalue weighted by Crippen LogP contribution is 2.30. The van der Waals surface area contributed by atoms with Crippen molar-refractivity contribution in [3.05, 3.63) is 41.8 Å². The maximum Gasteiger partial charge on any atom is 0.0928 e. The van der Waals surface area contributed by atoms with Crippen LogP contribution in [0.3, 0.4) is 0 Å². The fourth-order valence-corrected chi connectivity index (χ4v) is 2.61. The lowest BCUT2D eigenvalue weighted by Gasteiger charge is -2.21. The topological polar surface area (TPSA) is 65.1 Å². The summed E-state index contributed by atoms with van der Waals surface area (Å²) in [6, 6.07) is 8.08. The van der Waals surface area contributed by atoms with E-state index in [9.17, 15) is 0 Å². The number of para-hydroxylation sites is 1. The van der Waals surface area contributed by atoms with E-state index in [1.165, 1.54) is 0 Å². The molecule has 0 spiro atoms. The number of aromatic nitrogens is 2. The van der Waals surface area contributed by atoms with E-state index in [-0.39, 0.29) is 6.04 Å². The van der Waals surface area contributed by atoms with Crippen molar-refractivity contribution in [1.29, 1.82) is 0 Å². The van der Waals surface area contributed by atoms with Gasteiger partial charge in [-0.05, 0) is 24.5 Å². The number of ether oxygens (including phenoxy) is 1. The average molecular weight is 258 g/mol. The van der Waals surface area contributed by atoms with Crippen LogP contribution in [0.1, 0.15) is 24.6 Å². The summed E-state index contributed by atoms with van der Waals surface area (Å²) in [6.07, 6.45) is 3.83. The number of nitrogens with one attached hydrogen (secondary N) is 1. The van der Waals surface area contributed by atoms with Gasteiger partial charge in [0.2, 0.25) is 0 Å². The highest BCUT2D eigenvalue weighted by molar-refractivity contribution is 5.82. The lowest BCUT2D eigenvalue weighted by atomic mass is 9.98. The minimum absolute atomic E-state index is 0.0913. The van der Waals surface area contributed by atoms with E-state index in [1.54, 1.807) is 0 Å². The Morgan fingerprint density at radius 3 is 3.00 bits per heavy atom. The van der Waals surface area contributed by atoms with Gasteiger partial charge >= 0.3 is 0 Å². The second-order valence-corrected chi connectivity index (χ2v) is 4.79. The molecule has 0 bridgehead atoms. The molecule has 1 atom stereocenters. The molecule has 1 aliphatic heterocycles. The van der Waals surface area contributed by atoms with Crippen LogP contribution in [0.25, 0.3) is 10.9 Å². The van der Waals surface area contributed by atoms with E-state index in [4.69, 9.17) is 10.6 Å². The minimum Gasteiger partial charge on any atom is -0.501 e. The van der Waals surface area contributed by atoms with Gasteiger partial charge in [0.15, 0.2) is 0 Å². The predicted molar refractivity (Wildman–Crippen MR) is 74.0 cm³/mol. The van der Waals surface area contributed by atoms with Crippen LogP contribution < -0.4 is 11.3 Å². The van der Waals surface area contributed by atoms with Gasteiger partial charge in [-0.3, -0.25) is 10.5 Å². The first-order valence-corrected chi connectivity index (χ1v) is 6.49. The van der Waals surface area contributed by atoms with Gasteiger partial charge < -0.3 is 4.74 Å². The average Bonchev–Trinajstić information content (AvgIpc) is 2.79. The van der Waals surface area contributed by atoms with Crippen molar-refractivity contribution in [3.8, 4) is 0 Å². The normalized spacial score (nSPS) is 17.1. The molecule has 1 aromatic heterocycles. The zero-order valence-corrected chi connectivity index (χ0v) is 11.0. The number of hydrogen-bond acceptors (Lipinski definition) is 4. The SMILES string of the molecule is Cn1nc(C(NN)C2=COCCC2)c2ccccc21. The van der Waals surface area contributed by atoms with E-state index in [0.29, 0.717) is 0 Å². The van der Waals surface area contributed by atoms with Gasteiger partial charge in [0.05, 0.1) is 30.1 Å². The van der Waals surface area contributed by atoms with Crippen molar-refractivity contribution in [3.63, 3.8) is 0 Å². The van der Waals surface area contributed by atoms with Crippen molar-refractivity contribution >= 4 is 10.9 Å². The van der Waals surface area contributed by atoms with E-state index < -0.39 is 0 Å². The van der Waals surface area contributed by atoms with Crippen molar-refractivity contribution in [1.82, 2.24) is 15.2 Å². The highest BCUT2D eigenvalue weighted by atomic mass is 16.5. The summed E-state index contributed by atoms with van der Waals surface area (Å²) in [4.78, 5) is 0. The summed E-state index contributed by atoms with van der Waals surface area (Å²) in [7, 11) is 1.95. The van der Waals surface area contributed by atoms with Crippen molar-refractivity contribution in [2.45, 2.75) is 18.9 Å². The molecule has 100 valence electrons. The number of benzene rings is 1. The molecular formula is C14H18N4O. The molecule has 1 aliphatic rings. The summed E-state index contributed by atoms with van der Waals surface area (Å²) in [5.74, 6) is 5.74. The summed E-state index contributed by atoms with van der Waals surface area (Å²) in [6.45, 7) is 0.782. The van der Waals surface area contributed by atoms with Crippen molar-refractivity contribution in [2.75, 3.05) is 6.61 Å². The summed E-state index contributed by atoms with van der Waals surface area (Å²) < 4.78 is 7.30. The van der Waals surface area contributed by atoms with E-state index in [2.05, 4.69) is 22.7 Å². The molecule has 5 heteroatoms. The lowest BCUT2D eigenvalue weighted by Crippen LogP contribution is -2.31. The third kappa shape index (κ3) is 2.11. The minimum atomic E-state index is -0.0913. The van der Waals surface area contributed by atoms with Gasteiger partial charge in [-0.15, -0.1) is 0 Å². The first kappa shape index (κ1) is 12.2. The number of hydrogen-bond donors (Lipinski definition) is 2. The monoisotopic (exact) mass is 258 g/mol. The van der Waals surface area contributed by atoms with Crippen LogP contribution in [-0.4, -0.2) is 16.4 Å². The smallest absolute Gasteiger partial charge is 0.0928 e. The van der Waals surface area contributed by atoms with Crippen LogP contribution >= 0.6 is 0 Å². The zero-order valence-electron chi connectivity index (χ0n) is 11.0. The molecule has 5 nitrogen and oxygen atoms in total. The Morgan fingerprint density at radius 1 is 1.42 bits per heavy atom. The van der Waals surface area contributed by atoms with Gasteiger partial charge in [-0.2, -0.15) is 5.10 Å². The highest BCUT2D eigenvalue weighted by Gasteiger charge is 2.23. The Hall–Kier alpha value is -1.85. The van der Waals surface area contributed by atoms with Gasteiger partial charge in [0.1, 0.15) is 0 Å². The number of rotatable bonds is 3. The molecule has 0 saturated heterocycles. The molecule has 3 rings (SSSR count). The van der Waals surface area contributed by atoms with E-state index in [0.717, 1.165) is 41.6 Å². The Bertz CT molecular complexity index is 617. The fraction of sp³-hybridized carbons (Fsp3) is 0.357. The van der Waals surface area contributed by atoms with Crippen molar-refractivity contribution in [2.24, 2.45) is 12.9 Å². The molecule has 3 N–H and O–H groups in total. The van der Waals surface area contributed by atoms with Crippen molar-refractivity contribution < 1.29 is 4.74 Å². The lowest BCUT2D eigenvalue weighted by molar-refractivity contribution is 0.219. The van der Waals surface area contributed by atoms with Crippen LogP contribution in [0.2, 0.25) is 0 Å². The molecule has 1 unspecified atom stereocenters. The number of hydrazine groups is 1. The fourth-order valence-electron chi connectivity index (χ4n) is 2.61. The molecule has 0 fully saturated rings. The summed E-state index contributed by atoms with van der Waals surface area (Å²) >= 11 is 0. The molecular weight excluding hydrogens is 240 g/mol. The molecule has 2 aromatic rings. The molecule has 0 amide bonds. The van der Waals surface area contributed by atoms with E-state index in [1.807, 2.05) is 30.1 Å². The van der Waals surface area contributed by atoms with Crippen LogP contribution in [-0.2, 0) is 11.8 Å². The number of fused-ring (bicyclic) bond motifs is 1. The van der Waals surface area contributed by atoms with Gasteiger partial charge in [0.25, 0.3) is 0 Å². The first-order chi connectivity index (χ1) is 9.31. The molecule has 2 heterocycles. The molecule has 0 saturated carbocycles. The Morgan fingerprint density at radius 2 is 2.26 bits per heavy atom. The largest absolute Gasteiger partial charge is 0.501 e. The number of aryl methyl sites for hydroxylation is 1. The van der Waals surface area contributed by atoms with Gasteiger partial charge in [-0.25, -0.2) is 5.43 Å². The second kappa shape index (κ2) is 5.03. The predicted octanol–water partition coefficient (Wildman–Crippen LogP) is 1.77. The van der Waals surface area contributed by atoms with E-state index >= 15 is 0 Å². The zero-order chi connectivity index (χ0) is 13.2. The summed E-state index contributed by atoms with van der Waals surface area (Å²) in [5, 5.41) is 5.74. The Kier molecular flexibility index (Phi) is 3.23. The van der Waals surface area contributed by atoms with Crippen LogP contribution in [0, 0.1) is 0 Å². The maximum absolute atomic E-state index is 5.74. The third-order valence-electron chi connectivity index (χ3n) is 3.56. The number of nitrogens with zero attached hydrogens (tertiary/aromatic N) is 2. The molecule has 0 aliphatic carbocycles. The van der Waals surface area contributed by atoms with Gasteiger partial charge in [-0.1, -0.05) is 18.2 Å². The quantitative estimate of drug-likeness (QED) is 0.650. The van der Waals surface area contributed by atoms with Crippen LogP contribution in [0.15, 0.2) is 36.1 Å². The standard InChI is InChI=1S/C14H18N4O/c1-18-12-7-3-2-6-11(12)14(17-18)13(16-15)10-5-4-8-19-9-10/h2-3,6-7,9,13,16H,4-5,8,15H2,1H3. The second-order valence-electron chi connectivity index (χ2n) is 4.79. The third-order valence-corrected chi connectivity index (χ3v) is 3.56. The summed E-state index contributed by atoms with van der Waals surface area (Å²) in [5.41, 5.74) is 6.08. The molecule has 0 radical (unpaired) electrons. The van der Waals surface area contributed by atoms with Crippen LogP contribution in [0.5, 0.6) is 0 Å². The Labute approximate surface area is 112 Å². The Balaban J connectivity index is 2.08. The molecule has 19 heavy (non-hydrogen) atoms. The maximum atomic E-state index is 5.74. The molecule has 1 aromatic carbocycles. The van der Waals surface area contributed by atoms with Gasteiger partial charge in [0, 0.05) is 12.4 Å². The first-order valence-electron chi connectivity index (χ1n) is 6.49.